The van der Waals surface area contributed by atoms with Crippen LogP contribution >= 0.6 is 0 Å². The van der Waals surface area contributed by atoms with Gasteiger partial charge in [-0.1, -0.05) is 36.4 Å². The van der Waals surface area contributed by atoms with Gasteiger partial charge in [-0.3, -0.25) is 19.8 Å². The fraction of sp³-hybridized carbons (Fsp3) is 0.250. The first kappa shape index (κ1) is 18.4. The highest BCUT2D eigenvalue weighted by atomic mass is 16.5. The van der Waals surface area contributed by atoms with Gasteiger partial charge in [-0.2, -0.15) is 0 Å². The second-order valence-corrected chi connectivity index (χ2v) is 6.22. The first-order valence-electron chi connectivity index (χ1n) is 8.66. The van der Waals surface area contributed by atoms with E-state index in [4.69, 9.17) is 0 Å². The molecule has 1 heterocycles. The molecule has 2 aromatic rings. The summed E-state index contributed by atoms with van der Waals surface area (Å²) in [7, 11) is 1.28. The molecule has 1 fully saturated rings. The average Bonchev–Trinajstić information content (AvgIpc) is 2.94. The number of ether oxygens (including phenoxy) is 1. The first-order valence-corrected chi connectivity index (χ1v) is 8.66. The van der Waals surface area contributed by atoms with E-state index >= 15 is 0 Å². The molecule has 140 valence electrons. The molecular formula is C20H21N3O4. The van der Waals surface area contributed by atoms with E-state index in [0.717, 1.165) is 5.56 Å². The molecule has 2 aromatic carbocycles. The van der Waals surface area contributed by atoms with Gasteiger partial charge in [-0.15, -0.1) is 0 Å². The Hall–Kier alpha value is -3.35. The number of hydrogen-bond donors (Lipinski definition) is 2. The van der Waals surface area contributed by atoms with Gasteiger partial charge in [-0.05, 0) is 30.2 Å². The van der Waals surface area contributed by atoms with Crippen LogP contribution in [0.4, 0.5) is 16.2 Å². The van der Waals surface area contributed by atoms with E-state index in [2.05, 4.69) is 15.4 Å². The van der Waals surface area contributed by atoms with E-state index < -0.39 is 12.1 Å². The van der Waals surface area contributed by atoms with Gasteiger partial charge in [0, 0.05) is 17.9 Å². The number of anilines is 2. The van der Waals surface area contributed by atoms with Crippen molar-refractivity contribution >= 4 is 29.3 Å². The average molecular weight is 367 g/mol. The minimum absolute atomic E-state index is 0.113. The van der Waals surface area contributed by atoms with Crippen LogP contribution in [-0.2, 0) is 20.7 Å². The molecule has 1 saturated heterocycles. The topological polar surface area (TPSA) is 87.7 Å². The van der Waals surface area contributed by atoms with E-state index in [0.29, 0.717) is 24.3 Å². The van der Waals surface area contributed by atoms with Gasteiger partial charge in [0.2, 0.25) is 5.91 Å². The zero-order valence-electron chi connectivity index (χ0n) is 15.0. The van der Waals surface area contributed by atoms with Gasteiger partial charge < -0.3 is 10.1 Å². The fourth-order valence-corrected chi connectivity index (χ4v) is 2.97. The van der Waals surface area contributed by atoms with Gasteiger partial charge in [0.1, 0.15) is 6.04 Å². The molecule has 0 spiro atoms. The molecule has 0 bridgehead atoms. The van der Waals surface area contributed by atoms with Gasteiger partial charge in [0.05, 0.1) is 13.5 Å². The predicted molar refractivity (Wildman–Crippen MR) is 101 cm³/mol. The Morgan fingerprint density at radius 2 is 1.85 bits per heavy atom. The zero-order chi connectivity index (χ0) is 19.2. The molecular weight excluding hydrogens is 346 g/mol. The first-order chi connectivity index (χ1) is 13.1. The van der Waals surface area contributed by atoms with Crippen molar-refractivity contribution in [3.63, 3.8) is 0 Å². The largest absolute Gasteiger partial charge is 0.453 e. The molecule has 0 aliphatic carbocycles. The van der Waals surface area contributed by atoms with Gasteiger partial charge in [0.25, 0.3) is 5.91 Å². The van der Waals surface area contributed by atoms with Crippen LogP contribution in [0, 0.1) is 0 Å². The summed E-state index contributed by atoms with van der Waals surface area (Å²) in [5.41, 5.74) is 2.25. The molecule has 7 nitrogen and oxygen atoms in total. The number of rotatable bonds is 6. The molecule has 2 N–H and O–H groups in total. The summed E-state index contributed by atoms with van der Waals surface area (Å²) in [4.78, 5) is 37.5. The van der Waals surface area contributed by atoms with E-state index in [9.17, 15) is 14.4 Å². The highest BCUT2D eigenvalue weighted by Gasteiger charge is 2.38. The Morgan fingerprint density at radius 1 is 1.11 bits per heavy atom. The molecule has 27 heavy (non-hydrogen) atoms. The summed E-state index contributed by atoms with van der Waals surface area (Å²) in [5.74, 6) is -0.417. The third-order valence-electron chi connectivity index (χ3n) is 4.35. The Bertz CT molecular complexity index is 838. The van der Waals surface area contributed by atoms with Gasteiger partial charge in [0.15, 0.2) is 0 Å². The second kappa shape index (κ2) is 8.35. The van der Waals surface area contributed by atoms with E-state index in [1.807, 2.05) is 30.3 Å². The molecule has 3 rings (SSSR count). The number of hydrogen-bond acceptors (Lipinski definition) is 5. The lowest BCUT2D eigenvalue weighted by Gasteiger charge is -2.16. The van der Waals surface area contributed by atoms with Crippen molar-refractivity contribution in [3.05, 3.63) is 60.2 Å². The van der Waals surface area contributed by atoms with Crippen LogP contribution in [0.15, 0.2) is 54.6 Å². The van der Waals surface area contributed by atoms with Crippen LogP contribution < -0.4 is 10.6 Å². The number of imide groups is 1. The number of carbonyl (C=O) groups is 3. The van der Waals surface area contributed by atoms with Gasteiger partial charge in [-0.25, -0.2) is 4.79 Å². The molecule has 1 unspecified atom stereocenters. The van der Waals surface area contributed by atoms with Crippen molar-refractivity contribution in [1.29, 1.82) is 0 Å². The molecule has 1 aliphatic rings. The lowest BCUT2D eigenvalue weighted by Crippen LogP contribution is -2.36. The third-order valence-corrected chi connectivity index (χ3v) is 4.35. The lowest BCUT2D eigenvalue weighted by molar-refractivity contribution is -0.138. The Labute approximate surface area is 157 Å². The normalized spacial score (nSPS) is 16.3. The summed E-state index contributed by atoms with van der Waals surface area (Å²) >= 11 is 0. The number of carbonyl (C=O) groups excluding carboxylic acids is 3. The van der Waals surface area contributed by atoms with Crippen molar-refractivity contribution in [3.8, 4) is 0 Å². The minimum Gasteiger partial charge on any atom is -0.453 e. The highest BCUT2D eigenvalue weighted by molar-refractivity contribution is 6.06. The molecule has 0 radical (unpaired) electrons. The lowest BCUT2D eigenvalue weighted by atomic mass is 10.1. The Kier molecular flexibility index (Phi) is 5.71. The van der Waals surface area contributed by atoms with Crippen molar-refractivity contribution in [2.24, 2.45) is 0 Å². The molecule has 1 aliphatic heterocycles. The Balaban J connectivity index is 1.61. The van der Waals surface area contributed by atoms with E-state index in [1.165, 1.54) is 12.0 Å². The summed E-state index contributed by atoms with van der Waals surface area (Å²) in [6.07, 6.45) is 0.164. The second-order valence-electron chi connectivity index (χ2n) is 6.22. The molecule has 0 saturated carbocycles. The van der Waals surface area contributed by atoms with Crippen LogP contribution in [0.25, 0.3) is 0 Å². The van der Waals surface area contributed by atoms with Crippen LogP contribution in [0.1, 0.15) is 12.0 Å². The third kappa shape index (κ3) is 4.63. The summed E-state index contributed by atoms with van der Waals surface area (Å²) in [6.45, 7) is 0.365. The van der Waals surface area contributed by atoms with Crippen molar-refractivity contribution < 1.29 is 19.1 Å². The summed E-state index contributed by atoms with van der Waals surface area (Å²) in [6, 6.07) is 16.0. The van der Waals surface area contributed by atoms with Crippen LogP contribution in [0.5, 0.6) is 0 Å². The number of methoxy groups -OCH3 is 1. The monoisotopic (exact) mass is 367 g/mol. The minimum atomic E-state index is -0.610. The van der Waals surface area contributed by atoms with Crippen LogP contribution in [-0.4, -0.2) is 42.5 Å². The molecule has 0 aromatic heterocycles. The van der Waals surface area contributed by atoms with Gasteiger partial charge >= 0.3 is 6.09 Å². The Morgan fingerprint density at radius 3 is 2.59 bits per heavy atom. The van der Waals surface area contributed by atoms with Crippen LogP contribution in [0.2, 0.25) is 0 Å². The van der Waals surface area contributed by atoms with E-state index in [-0.39, 0.29) is 18.2 Å². The fourth-order valence-electron chi connectivity index (χ4n) is 2.97. The van der Waals surface area contributed by atoms with Crippen molar-refractivity contribution in [2.75, 3.05) is 24.3 Å². The van der Waals surface area contributed by atoms with Crippen molar-refractivity contribution in [1.82, 2.24) is 4.90 Å². The summed E-state index contributed by atoms with van der Waals surface area (Å²) < 4.78 is 4.56. The number of likely N-dealkylation sites (tertiary alicyclic amines) is 1. The number of amides is 3. The maximum atomic E-state index is 12.6. The standard InChI is InChI=1S/C20H21N3O4/c1-27-20(26)22-16-9-5-8-15(12-16)21-17-13-18(24)23(19(17)25)11-10-14-6-3-2-4-7-14/h2-9,12,17,21H,10-11,13H2,1H3,(H,22,26). The smallest absolute Gasteiger partial charge is 0.411 e. The highest BCUT2D eigenvalue weighted by Crippen LogP contribution is 2.21. The maximum Gasteiger partial charge on any atom is 0.411 e. The number of nitrogens with zero attached hydrogens (tertiary/aromatic N) is 1. The predicted octanol–water partition coefficient (Wildman–Crippen LogP) is 2.65. The van der Waals surface area contributed by atoms with Crippen molar-refractivity contribution in [2.45, 2.75) is 18.9 Å². The molecule has 3 amide bonds. The SMILES string of the molecule is COC(=O)Nc1cccc(NC2CC(=O)N(CCc3ccccc3)C2=O)c1. The summed E-state index contributed by atoms with van der Waals surface area (Å²) in [5, 5.41) is 5.64. The van der Waals surface area contributed by atoms with Crippen LogP contribution in [0.3, 0.4) is 0 Å². The maximum absolute atomic E-state index is 12.6. The quantitative estimate of drug-likeness (QED) is 0.767. The zero-order valence-corrected chi connectivity index (χ0v) is 15.0. The number of benzene rings is 2. The molecule has 7 heteroatoms. The molecule has 1 atom stereocenters. The van der Waals surface area contributed by atoms with E-state index in [1.54, 1.807) is 24.3 Å². The number of nitrogens with one attached hydrogen (secondary N) is 2.